The van der Waals surface area contributed by atoms with Crippen LogP contribution in [0.2, 0.25) is 0 Å². The molecule has 0 heterocycles. The minimum atomic E-state index is -1.15. The monoisotopic (exact) mass is 410 g/mol. The first-order valence-electron chi connectivity index (χ1n) is 11.4. The van der Waals surface area contributed by atoms with Gasteiger partial charge in [0.05, 0.1) is 12.5 Å². The van der Waals surface area contributed by atoms with Gasteiger partial charge in [0.1, 0.15) is 0 Å². The second-order valence-electron chi connectivity index (χ2n) is 8.23. The molecule has 0 radical (unpaired) electrons. The lowest BCUT2D eigenvalue weighted by molar-refractivity contribution is -0.140. The highest BCUT2D eigenvalue weighted by Crippen LogP contribution is 2.34. The molecule has 29 heavy (non-hydrogen) atoms. The molecule has 1 aliphatic rings. The van der Waals surface area contributed by atoms with Crippen molar-refractivity contribution in [3.05, 3.63) is 23.8 Å². The zero-order chi connectivity index (χ0) is 21.1. The van der Waals surface area contributed by atoms with Crippen LogP contribution in [-0.4, -0.2) is 12.6 Å². The van der Waals surface area contributed by atoms with E-state index in [9.17, 15) is 13.6 Å². The predicted molar refractivity (Wildman–Crippen MR) is 111 cm³/mol. The third kappa shape index (κ3) is 7.60. The van der Waals surface area contributed by atoms with Crippen LogP contribution >= 0.6 is 0 Å². The molecule has 3 nitrogen and oxygen atoms in total. The Hall–Kier alpha value is -1.65. The zero-order valence-corrected chi connectivity index (χ0v) is 18.0. The van der Waals surface area contributed by atoms with Crippen LogP contribution in [0.1, 0.15) is 90.9 Å². The fourth-order valence-electron chi connectivity index (χ4n) is 4.06. The molecule has 0 spiro atoms. The first-order valence-corrected chi connectivity index (χ1v) is 11.4. The fourth-order valence-corrected chi connectivity index (χ4v) is 4.06. The van der Waals surface area contributed by atoms with Crippen molar-refractivity contribution in [2.24, 2.45) is 11.8 Å². The number of halogens is 2. The first kappa shape index (κ1) is 23.6. The van der Waals surface area contributed by atoms with Gasteiger partial charge in [0.25, 0.3) is 0 Å². The van der Waals surface area contributed by atoms with Crippen molar-refractivity contribution in [3.8, 4) is 11.5 Å². The van der Waals surface area contributed by atoms with Crippen molar-refractivity contribution in [3.63, 3.8) is 0 Å². The Morgan fingerprint density at radius 2 is 1.52 bits per heavy atom. The molecule has 5 heteroatoms. The predicted octanol–water partition coefficient (Wildman–Crippen LogP) is 7.22. The fraction of sp³-hybridized carbons (Fsp3) is 0.708. The SMILES string of the molecule is CCCCCCCCOc1ccc(OC(=O)C2CCC(CCC)CC2)c(F)c1F. The van der Waals surface area contributed by atoms with Crippen LogP contribution in [0.4, 0.5) is 8.78 Å². The molecular formula is C24H36F2O3. The van der Waals surface area contributed by atoms with Gasteiger partial charge in [-0.05, 0) is 50.2 Å². The molecule has 0 saturated heterocycles. The van der Waals surface area contributed by atoms with E-state index in [2.05, 4.69) is 13.8 Å². The number of benzene rings is 1. The van der Waals surface area contributed by atoms with Gasteiger partial charge >= 0.3 is 5.97 Å². The van der Waals surface area contributed by atoms with Gasteiger partial charge < -0.3 is 9.47 Å². The molecule has 0 bridgehead atoms. The second kappa shape index (κ2) is 12.8. The van der Waals surface area contributed by atoms with Gasteiger partial charge in [0, 0.05) is 0 Å². The number of unbranched alkanes of at least 4 members (excludes halogenated alkanes) is 5. The molecule has 1 aromatic carbocycles. The summed E-state index contributed by atoms with van der Waals surface area (Å²) in [5.74, 6) is -2.74. The molecule has 0 N–H and O–H groups in total. The molecule has 0 amide bonds. The van der Waals surface area contributed by atoms with Crippen LogP contribution in [0.3, 0.4) is 0 Å². The Morgan fingerprint density at radius 3 is 2.21 bits per heavy atom. The molecule has 164 valence electrons. The Labute approximate surface area is 174 Å². The van der Waals surface area contributed by atoms with Gasteiger partial charge in [0.2, 0.25) is 11.6 Å². The van der Waals surface area contributed by atoms with Crippen molar-refractivity contribution in [2.45, 2.75) is 90.9 Å². The summed E-state index contributed by atoms with van der Waals surface area (Å²) >= 11 is 0. The lowest BCUT2D eigenvalue weighted by atomic mass is 9.80. The smallest absolute Gasteiger partial charge is 0.314 e. The average Bonchev–Trinajstić information content (AvgIpc) is 2.73. The van der Waals surface area contributed by atoms with Crippen molar-refractivity contribution in [1.82, 2.24) is 0 Å². The molecule has 1 fully saturated rings. The van der Waals surface area contributed by atoms with E-state index < -0.39 is 17.6 Å². The van der Waals surface area contributed by atoms with Crippen LogP contribution in [0.25, 0.3) is 0 Å². The van der Waals surface area contributed by atoms with Gasteiger partial charge in [-0.15, -0.1) is 0 Å². The maximum atomic E-state index is 14.3. The number of ether oxygens (including phenoxy) is 2. The molecule has 2 rings (SSSR count). The molecule has 1 aromatic rings. The maximum Gasteiger partial charge on any atom is 0.314 e. The number of esters is 1. The molecular weight excluding hydrogens is 374 g/mol. The van der Waals surface area contributed by atoms with E-state index in [0.717, 1.165) is 51.4 Å². The third-order valence-corrected chi connectivity index (χ3v) is 5.85. The average molecular weight is 411 g/mol. The topological polar surface area (TPSA) is 35.5 Å². The highest BCUT2D eigenvalue weighted by molar-refractivity contribution is 5.75. The van der Waals surface area contributed by atoms with Gasteiger partial charge in [-0.25, -0.2) is 0 Å². The van der Waals surface area contributed by atoms with Gasteiger partial charge in [-0.1, -0.05) is 58.8 Å². The van der Waals surface area contributed by atoms with Crippen LogP contribution in [-0.2, 0) is 4.79 Å². The van der Waals surface area contributed by atoms with E-state index in [4.69, 9.17) is 9.47 Å². The van der Waals surface area contributed by atoms with E-state index in [0.29, 0.717) is 12.5 Å². The summed E-state index contributed by atoms with van der Waals surface area (Å²) in [5, 5.41) is 0. The first-order chi connectivity index (χ1) is 14.1. The maximum absolute atomic E-state index is 14.3. The van der Waals surface area contributed by atoms with Crippen molar-refractivity contribution in [2.75, 3.05) is 6.61 Å². The minimum absolute atomic E-state index is 0.129. The quantitative estimate of drug-likeness (QED) is 0.207. The lowest BCUT2D eigenvalue weighted by Gasteiger charge is -2.26. The molecule has 0 aromatic heterocycles. The highest BCUT2D eigenvalue weighted by atomic mass is 19.2. The Morgan fingerprint density at radius 1 is 0.897 bits per heavy atom. The third-order valence-electron chi connectivity index (χ3n) is 5.85. The number of hydrogen-bond donors (Lipinski definition) is 0. The molecule has 1 saturated carbocycles. The highest BCUT2D eigenvalue weighted by Gasteiger charge is 2.28. The van der Waals surface area contributed by atoms with Crippen molar-refractivity contribution in [1.29, 1.82) is 0 Å². The molecule has 0 unspecified atom stereocenters. The number of rotatable bonds is 12. The van der Waals surface area contributed by atoms with E-state index in [1.54, 1.807) is 0 Å². The van der Waals surface area contributed by atoms with E-state index in [1.165, 1.54) is 37.8 Å². The van der Waals surface area contributed by atoms with Crippen molar-refractivity contribution >= 4 is 5.97 Å². The summed E-state index contributed by atoms with van der Waals surface area (Å²) < 4.78 is 39.2. The molecule has 0 atom stereocenters. The standard InChI is InChI=1S/C24H36F2O3/c1-3-5-6-7-8-9-17-28-20-15-16-21(23(26)22(20)25)29-24(27)19-13-11-18(10-4-2)12-14-19/h15-16,18-19H,3-14,17H2,1-2H3. The summed E-state index contributed by atoms with van der Waals surface area (Å²) in [5.41, 5.74) is 0. The van der Waals surface area contributed by atoms with Crippen LogP contribution in [0.5, 0.6) is 11.5 Å². The van der Waals surface area contributed by atoms with E-state index in [-0.39, 0.29) is 17.4 Å². The van der Waals surface area contributed by atoms with Gasteiger partial charge in [0.15, 0.2) is 11.5 Å². The Balaban J connectivity index is 1.80. The molecule has 1 aliphatic carbocycles. The zero-order valence-electron chi connectivity index (χ0n) is 18.0. The number of carbonyl (C=O) groups is 1. The summed E-state index contributed by atoms with van der Waals surface area (Å²) in [6.45, 7) is 4.68. The van der Waals surface area contributed by atoms with Crippen molar-refractivity contribution < 1.29 is 23.0 Å². The summed E-state index contributed by atoms with van der Waals surface area (Å²) in [4.78, 5) is 12.4. The van der Waals surface area contributed by atoms with Crippen LogP contribution in [0, 0.1) is 23.5 Å². The Kier molecular flexibility index (Phi) is 10.4. The Bertz CT molecular complexity index is 625. The normalized spacial score (nSPS) is 19.2. The van der Waals surface area contributed by atoms with Gasteiger partial charge in [-0.2, -0.15) is 8.78 Å². The number of hydrogen-bond acceptors (Lipinski definition) is 3. The second-order valence-corrected chi connectivity index (χ2v) is 8.23. The minimum Gasteiger partial charge on any atom is -0.490 e. The number of carbonyl (C=O) groups excluding carboxylic acids is 1. The summed E-state index contributed by atoms with van der Waals surface area (Å²) in [7, 11) is 0. The summed E-state index contributed by atoms with van der Waals surface area (Å²) in [6.07, 6.45) is 12.4. The van der Waals surface area contributed by atoms with E-state index >= 15 is 0 Å². The summed E-state index contributed by atoms with van der Waals surface area (Å²) in [6, 6.07) is 2.63. The van der Waals surface area contributed by atoms with Crippen LogP contribution < -0.4 is 9.47 Å². The molecule has 0 aliphatic heterocycles. The van der Waals surface area contributed by atoms with E-state index in [1.807, 2.05) is 0 Å². The largest absolute Gasteiger partial charge is 0.490 e. The van der Waals surface area contributed by atoms with Gasteiger partial charge in [-0.3, -0.25) is 4.79 Å². The lowest BCUT2D eigenvalue weighted by Crippen LogP contribution is -2.26. The van der Waals surface area contributed by atoms with Crippen LogP contribution in [0.15, 0.2) is 12.1 Å².